The molecule has 1 N–H and O–H groups in total. The van der Waals surface area contributed by atoms with Gasteiger partial charge < -0.3 is 10.1 Å². The Balaban J connectivity index is 2.14. The van der Waals surface area contributed by atoms with E-state index in [1.807, 2.05) is 31.2 Å². The van der Waals surface area contributed by atoms with Gasteiger partial charge in [0.05, 0.1) is 0 Å². The third-order valence-electron chi connectivity index (χ3n) is 3.77. The van der Waals surface area contributed by atoms with E-state index >= 15 is 0 Å². The molecule has 3 rings (SSSR count). The second kappa shape index (κ2) is 3.57. The first kappa shape index (κ1) is 11.3. The lowest BCUT2D eigenvalue weighted by atomic mass is 9.73. The van der Waals surface area contributed by atoms with Gasteiger partial charge in [-0.3, -0.25) is 9.59 Å². The fourth-order valence-electron chi connectivity index (χ4n) is 3.06. The van der Waals surface area contributed by atoms with Gasteiger partial charge in [-0.05, 0) is 25.5 Å². The summed E-state index contributed by atoms with van der Waals surface area (Å²) in [6, 6.07) is 7.63. The highest BCUT2D eigenvalue weighted by Gasteiger charge is 2.50. The fourth-order valence-corrected chi connectivity index (χ4v) is 3.06. The number of rotatable bonds is 1. The Bertz CT molecular complexity index is 540. The van der Waals surface area contributed by atoms with Crippen molar-refractivity contribution in [2.45, 2.75) is 31.9 Å². The highest BCUT2D eigenvalue weighted by atomic mass is 16.5. The van der Waals surface area contributed by atoms with Gasteiger partial charge in [-0.25, -0.2) is 0 Å². The number of fused-ring (bicyclic) bond motifs is 4. The number of hydrogen-bond donors (Lipinski definition) is 1. The van der Waals surface area contributed by atoms with Gasteiger partial charge in [0.1, 0.15) is 17.5 Å². The van der Waals surface area contributed by atoms with E-state index in [1.165, 1.54) is 6.92 Å². The van der Waals surface area contributed by atoms with E-state index in [4.69, 9.17) is 4.74 Å². The number of hydrogen-bond acceptors (Lipinski definition) is 3. The lowest BCUT2D eigenvalue weighted by Gasteiger charge is -2.46. The molecule has 1 fully saturated rings. The molecule has 0 unspecified atom stereocenters. The van der Waals surface area contributed by atoms with Gasteiger partial charge in [0.15, 0.2) is 5.72 Å². The van der Waals surface area contributed by atoms with Crippen molar-refractivity contribution in [1.82, 2.24) is 5.32 Å². The summed E-state index contributed by atoms with van der Waals surface area (Å²) in [6.45, 7) is 3.33. The Morgan fingerprint density at radius 3 is 2.89 bits per heavy atom. The first-order chi connectivity index (χ1) is 8.50. The summed E-state index contributed by atoms with van der Waals surface area (Å²) < 4.78 is 5.85. The van der Waals surface area contributed by atoms with Crippen LogP contribution in [0.15, 0.2) is 24.3 Å². The molecule has 0 saturated carbocycles. The van der Waals surface area contributed by atoms with Crippen LogP contribution >= 0.6 is 0 Å². The Labute approximate surface area is 105 Å². The van der Waals surface area contributed by atoms with Gasteiger partial charge in [-0.2, -0.15) is 0 Å². The Hall–Kier alpha value is -1.84. The minimum Gasteiger partial charge on any atom is -0.468 e. The lowest BCUT2D eigenvalue weighted by Crippen LogP contribution is -2.61. The monoisotopic (exact) mass is 245 g/mol. The molecule has 0 spiro atoms. The van der Waals surface area contributed by atoms with Crippen LogP contribution in [0.1, 0.15) is 31.7 Å². The maximum absolute atomic E-state index is 12.1. The lowest BCUT2D eigenvalue weighted by molar-refractivity contribution is -0.145. The number of Topliss-reactive ketones (excluding diaryl/α,β-unsaturated/α-hetero) is 1. The first-order valence-corrected chi connectivity index (χ1v) is 6.11. The third kappa shape index (κ3) is 1.52. The molecule has 2 bridgehead atoms. The predicted octanol–water partition coefficient (Wildman–Crippen LogP) is 1.60. The van der Waals surface area contributed by atoms with Crippen LogP contribution in [-0.2, 0) is 9.59 Å². The molecule has 0 radical (unpaired) electrons. The maximum atomic E-state index is 12.1. The SMILES string of the molecule is CC(=O)[C@H]1C(=O)N[C@]2(C)C[C@@H]1c1ccccc1O2. The van der Waals surface area contributed by atoms with Gasteiger partial charge in [-0.15, -0.1) is 0 Å². The van der Waals surface area contributed by atoms with Gasteiger partial charge in [0, 0.05) is 12.3 Å². The third-order valence-corrected chi connectivity index (χ3v) is 3.77. The number of carbonyl (C=O) groups excluding carboxylic acids is 2. The number of benzene rings is 1. The zero-order valence-electron chi connectivity index (χ0n) is 10.4. The van der Waals surface area contributed by atoms with Crippen molar-refractivity contribution < 1.29 is 14.3 Å². The minimum absolute atomic E-state index is 0.0776. The van der Waals surface area contributed by atoms with Crippen molar-refractivity contribution in [3.05, 3.63) is 29.8 Å². The number of amides is 1. The molecule has 1 aromatic rings. The fraction of sp³-hybridized carbons (Fsp3) is 0.429. The van der Waals surface area contributed by atoms with Crippen molar-refractivity contribution in [2.75, 3.05) is 0 Å². The molecule has 18 heavy (non-hydrogen) atoms. The van der Waals surface area contributed by atoms with E-state index in [0.717, 1.165) is 11.3 Å². The molecule has 0 aliphatic carbocycles. The van der Waals surface area contributed by atoms with E-state index < -0.39 is 11.6 Å². The topological polar surface area (TPSA) is 55.4 Å². The predicted molar refractivity (Wildman–Crippen MR) is 65.1 cm³/mol. The molecule has 1 saturated heterocycles. The van der Waals surface area contributed by atoms with Crippen LogP contribution in [0, 0.1) is 5.92 Å². The number of carbonyl (C=O) groups is 2. The minimum atomic E-state index is -0.692. The zero-order chi connectivity index (χ0) is 12.9. The number of ether oxygens (including phenoxy) is 1. The quantitative estimate of drug-likeness (QED) is 0.765. The van der Waals surface area contributed by atoms with Gasteiger partial charge in [0.25, 0.3) is 0 Å². The molecule has 2 aliphatic heterocycles. The standard InChI is InChI=1S/C14H15NO3/c1-8(16)12-10-7-14(2,15-13(12)17)18-11-6-4-3-5-9(10)11/h3-6,10,12H,7H2,1-2H3,(H,15,17)/t10-,12-,14+/m1/s1. The highest BCUT2D eigenvalue weighted by molar-refractivity contribution is 6.02. The average molecular weight is 245 g/mol. The van der Waals surface area contributed by atoms with Crippen molar-refractivity contribution in [1.29, 1.82) is 0 Å². The van der Waals surface area contributed by atoms with Crippen molar-refractivity contribution in [3.8, 4) is 5.75 Å². The van der Waals surface area contributed by atoms with Crippen molar-refractivity contribution in [2.24, 2.45) is 5.92 Å². The summed E-state index contributed by atoms with van der Waals surface area (Å²) in [4.78, 5) is 23.8. The highest BCUT2D eigenvalue weighted by Crippen LogP contribution is 2.46. The Kier molecular flexibility index (Phi) is 2.24. The van der Waals surface area contributed by atoms with Crippen LogP contribution in [0.25, 0.3) is 0 Å². The second-order valence-electron chi connectivity index (χ2n) is 5.26. The molecule has 1 amide bonds. The van der Waals surface area contributed by atoms with E-state index in [9.17, 15) is 9.59 Å². The van der Waals surface area contributed by atoms with Crippen LogP contribution in [-0.4, -0.2) is 17.4 Å². The van der Waals surface area contributed by atoms with Crippen molar-refractivity contribution >= 4 is 11.7 Å². The van der Waals surface area contributed by atoms with E-state index in [2.05, 4.69) is 5.32 Å². The molecule has 94 valence electrons. The summed E-state index contributed by atoms with van der Waals surface area (Å²) in [7, 11) is 0. The van der Waals surface area contributed by atoms with Crippen LogP contribution in [0.2, 0.25) is 0 Å². The summed E-state index contributed by atoms with van der Waals surface area (Å²) in [5.74, 6) is -0.219. The van der Waals surface area contributed by atoms with Crippen molar-refractivity contribution in [3.63, 3.8) is 0 Å². The number of ketones is 1. The molecule has 1 aromatic carbocycles. The molecular formula is C14H15NO3. The molecule has 2 aliphatic rings. The smallest absolute Gasteiger partial charge is 0.234 e. The van der Waals surface area contributed by atoms with Crippen LogP contribution in [0.5, 0.6) is 5.75 Å². The van der Waals surface area contributed by atoms with E-state index in [1.54, 1.807) is 0 Å². The van der Waals surface area contributed by atoms with Gasteiger partial charge >= 0.3 is 0 Å². The van der Waals surface area contributed by atoms with E-state index in [0.29, 0.717) is 6.42 Å². The Morgan fingerprint density at radius 2 is 2.17 bits per heavy atom. The number of piperidine rings is 1. The Morgan fingerprint density at radius 1 is 1.44 bits per heavy atom. The molecule has 4 heteroatoms. The number of para-hydroxylation sites is 1. The summed E-state index contributed by atoms with van der Waals surface area (Å²) in [5.41, 5.74) is 0.271. The van der Waals surface area contributed by atoms with Gasteiger partial charge in [0.2, 0.25) is 5.91 Å². The van der Waals surface area contributed by atoms with Crippen LogP contribution in [0.3, 0.4) is 0 Å². The molecule has 4 nitrogen and oxygen atoms in total. The normalized spacial score (nSPS) is 33.1. The maximum Gasteiger partial charge on any atom is 0.234 e. The first-order valence-electron chi connectivity index (χ1n) is 6.11. The van der Waals surface area contributed by atoms with Gasteiger partial charge in [-0.1, -0.05) is 18.2 Å². The molecule has 2 heterocycles. The summed E-state index contributed by atoms with van der Waals surface area (Å²) >= 11 is 0. The average Bonchev–Trinajstić information content (AvgIpc) is 2.26. The number of nitrogens with one attached hydrogen (secondary N) is 1. The molecule has 3 atom stereocenters. The van der Waals surface area contributed by atoms with Crippen LogP contribution < -0.4 is 10.1 Å². The van der Waals surface area contributed by atoms with Crippen LogP contribution in [0.4, 0.5) is 0 Å². The second-order valence-corrected chi connectivity index (χ2v) is 5.26. The molecular weight excluding hydrogens is 230 g/mol. The summed E-state index contributed by atoms with van der Waals surface area (Å²) in [6.07, 6.45) is 0.639. The zero-order valence-corrected chi connectivity index (χ0v) is 10.4. The molecule has 0 aromatic heterocycles. The largest absolute Gasteiger partial charge is 0.468 e. The van der Waals surface area contributed by atoms with E-state index in [-0.39, 0.29) is 17.6 Å². The summed E-state index contributed by atoms with van der Waals surface area (Å²) in [5, 5.41) is 2.81.